The van der Waals surface area contributed by atoms with Crippen LogP contribution in [0.5, 0.6) is 0 Å². The van der Waals surface area contributed by atoms with Crippen LogP contribution >= 0.6 is 0 Å². The molecule has 0 atom stereocenters. The Bertz CT molecular complexity index is 430. The minimum absolute atomic E-state index is 0.0737. The summed E-state index contributed by atoms with van der Waals surface area (Å²) in [5, 5.41) is 0. The standard InChI is InChI=1S/C11H12N2O2/c1-8-10(12)6-9(7-13-8)4-3-5-11(14)15-2/h6-7H,5,12H2,1-2H3. The molecule has 1 aromatic heterocycles. The van der Waals surface area contributed by atoms with Gasteiger partial charge in [0.05, 0.1) is 18.5 Å². The minimum atomic E-state index is -0.351. The molecule has 78 valence electrons. The summed E-state index contributed by atoms with van der Waals surface area (Å²) < 4.78 is 4.45. The highest BCUT2D eigenvalue weighted by Gasteiger charge is 1.96. The van der Waals surface area contributed by atoms with Gasteiger partial charge in [0, 0.05) is 11.8 Å². The van der Waals surface area contributed by atoms with Crippen LogP contribution in [0.4, 0.5) is 5.69 Å². The maximum Gasteiger partial charge on any atom is 0.317 e. The summed E-state index contributed by atoms with van der Waals surface area (Å²) in [5.41, 5.74) is 7.72. The Labute approximate surface area is 88.5 Å². The van der Waals surface area contributed by atoms with Gasteiger partial charge in [-0.15, -0.1) is 0 Å². The normalized spacial score (nSPS) is 8.93. The Morgan fingerprint density at radius 2 is 2.40 bits per heavy atom. The molecule has 4 heteroatoms. The lowest BCUT2D eigenvalue weighted by Crippen LogP contribution is -1.97. The number of aromatic nitrogens is 1. The summed E-state index contributed by atoms with van der Waals surface area (Å²) in [6, 6.07) is 1.73. The molecule has 0 bridgehead atoms. The maximum atomic E-state index is 10.8. The van der Waals surface area contributed by atoms with E-state index in [9.17, 15) is 4.79 Å². The number of hydrogen-bond donors (Lipinski definition) is 1. The van der Waals surface area contributed by atoms with Gasteiger partial charge in [-0.1, -0.05) is 11.8 Å². The Hall–Kier alpha value is -2.02. The van der Waals surface area contributed by atoms with Crippen molar-refractivity contribution < 1.29 is 9.53 Å². The Morgan fingerprint density at radius 1 is 1.67 bits per heavy atom. The molecular weight excluding hydrogens is 192 g/mol. The first-order chi connectivity index (χ1) is 7.13. The first kappa shape index (κ1) is 11.1. The Morgan fingerprint density at radius 3 is 3.00 bits per heavy atom. The number of nitrogens with two attached hydrogens (primary N) is 1. The lowest BCUT2D eigenvalue weighted by Gasteiger charge is -1.97. The van der Waals surface area contributed by atoms with E-state index >= 15 is 0 Å². The number of carbonyl (C=O) groups excluding carboxylic acids is 1. The Balaban J connectivity index is 2.72. The average Bonchev–Trinajstić information content (AvgIpc) is 2.23. The summed E-state index contributed by atoms with van der Waals surface area (Å²) in [6.07, 6.45) is 1.69. The highest BCUT2D eigenvalue weighted by Crippen LogP contribution is 2.08. The molecule has 0 radical (unpaired) electrons. The number of nitrogen functional groups attached to an aromatic ring is 1. The first-order valence-electron chi connectivity index (χ1n) is 4.41. The van der Waals surface area contributed by atoms with Gasteiger partial charge in [-0.3, -0.25) is 9.78 Å². The number of nitrogens with zero attached hydrogens (tertiary/aromatic N) is 1. The van der Waals surface area contributed by atoms with Crippen molar-refractivity contribution in [3.05, 3.63) is 23.5 Å². The molecule has 0 aliphatic carbocycles. The molecule has 0 aromatic carbocycles. The fourth-order valence-corrected chi connectivity index (χ4v) is 0.909. The summed E-state index contributed by atoms with van der Waals surface area (Å²) in [6.45, 7) is 1.82. The number of ether oxygens (including phenoxy) is 1. The highest BCUT2D eigenvalue weighted by atomic mass is 16.5. The second-order valence-corrected chi connectivity index (χ2v) is 2.95. The topological polar surface area (TPSA) is 65.2 Å². The lowest BCUT2D eigenvalue weighted by atomic mass is 10.2. The van der Waals surface area contributed by atoms with Crippen LogP contribution in [0.1, 0.15) is 17.7 Å². The van der Waals surface area contributed by atoms with E-state index in [1.54, 1.807) is 12.3 Å². The van der Waals surface area contributed by atoms with E-state index in [1.807, 2.05) is 6.92 Å². The zero-order valence-electron chi connectivity index (χ0n) is 8.70. The van der Waals surface area contributed by atoms with Crippen molar-refractivity contribution in [1.82, 2.24) is 4.98 Å². The quantitative estimate of drug-likeness (QED) is 0.545. The third kappa shape index (κ3) is 3.31. The molecule has 2 N–H and O–H groups in total. The number of aryl methyl sites for hydroxylation is 1. The number of hydrogen-bond acceptors (Lipinski definition) is 4. The molecule has 1 rings (SSSR count). The zero-order valence-corrected chi connectivity index (χ0v) is 8.70. The van der Waals surface area contributed by atoms with Crippen LogP contribution in [-0.2, 0) is 9.53 Å². The molecule has 1 aromatic rings. The third-order valence-electron chi connectivity index (χ3n) is 1.82. The molecule has 0 aliphatic rings. The van der Waals surface area contributed by atoms with Gasteiger partial charge in [0.25, 0.3) is 0 Å². The molecule has 0 spiro atoms. The molecular formula is C11H12N2O2. The fourth-order valence-electron chi connectivity index (χ4n) is 0.909. The zero-order chi connectivity index (χ0) is 11.3. The van der Waals surface area contributed by atoms with Crippen LogP contribution in [0, 0.1) is 18.8 Å². The maximum absolute atomic E-state index is 10.8. The SMILES string of the molecule is COC(=O)CC#Cc1cnc(C)c(N)c1. The van der Waals surface area contributed by atoms with Crippen molar-refractivity contribution in [2.45, 2.75) is 13.3 Å². The smallest absolute Gasteiger partial charge is 0.317 e. The van der Waals surface area contributed by atoms with Crippen LogP contribution in [-0.4, -0.2) is 18.1 Å². The number of esters is 1. The van der Waals surface area contributed by atoms with Crippen molar-refractivity contribution in [3.63, 3.8) is 0 Å². The summed E-state index contributed by atoms with van der Waals surface area (Å²) in [5.74, 6) is 5.11. The predicted octanol–water partition coefficient (Wildman–Crippen LogP) is 0.887. The van der Waals surface area contributed by atoms with Gasteiger partial charge >= 0.3 is 5.97 Å². The third-order valence-corrected chi connectivity index (χ3v) is 1.82. The second-order valence-electron chi connectivity index (χ2n) is 2.95. The van der Waals surface area contributed by atoms with Gasteiger partial charge in [0.2, 0.25) is 0 Å². The first-order valence-corrected chi connectivity index (χ1v) is 4.41. The van der Waals surface area contributed by atoms with Crippen molar-refractivity contribution >= 4 is 11.7 Å². The molecule has 0 fully saturated rings. The van der Waals surface area contributed by atoms with Gasteiger partial charge in [-0.25, -0.2) is 0 Å². The van der Waals surface area contributed by atoms with Crippen molar-refractivity contribution in [2.75, 3.05) is 12.8 Å². The van der Waals surface area contributed by atoms with E-state index in [-0.39, 0.29) is 12.4 Å². The van der Waals surface area contributed by atoms with Crippen LogP contribution in [0.2, 0.25) is 0 Å². The monoisotopic (exact) mass is 204 g/mol. The van der Waals surface area contributed by atoms with E-state index in [0.29, 0.717) is 11.3 Å². The van der Waals surface area contributed by atoms with E-state index in [4.69, 9.17) is 5.73 Å². The number of anilines is 1. The fraction of sp³-hybridized carbons (Fsp3) is 0.273. The van der Waals surface area contributed by atoms with Gasteiger partial charge in [0.15, 0.2) is 0 Å². The van der Waals surface area contributed by atoms with Gasteiger partial charge in [-0.2, -0.15) is 0 Å². The number of methoxy groups -OCH3 is 1. The molecule has 0 saturated heterocycles. The molecule has 0 unspecified atom stereocenters. The molecule has 15 heavy (non-hydrogen) atoms. The van der Waals surface area contributed by atoms with Crippen LogP contribution in [0.15, 0.2) is 12.3 Å². The highest BCUT2D eigenvalue weighted by molar-refractivity contribution is 5.72. The molecule has 1 heterocycles. The molecule has 0 saturated carbocycles. The van der Waals surface area contributed by atoms with Crippen molar-refractivity contribution in [2.24, 2.45) is 0 Å². The summed E-state index contributed by atoms with van der Waals surface area (Å²) >= 11 is 0. The number of carbonyl (C=O) groups is 1. The summed E-state index contributed by atoms with van der Waals surface area (Å²) in [4.78, 5) is 14.8. The molecule has 4 nitrogen and oxygen atoms in total. The van der Waals surface area contributed by atoms with Gasteiger partial charge < -0.3 is 10.5 Å². The van der Waals surface area contributed by atoms with E-state index in [1.165, 1.54) is 7.11 Å². The number of rotatable bonds is 1. The molecule has 0 amide bonds. The van der Waals surface area contributed by atoms with Gasteiger partial charge in [0.1, 0.15) is 6.42 Å². The van der Waals surface area contributed by atoms with E-state index in [2.05, 4.69) is 21.6 Å². The predicted molar refractivity (Wildman–Crippen MR) is 56.9 cm³/mol. The molecule has 0 aliphatic heterocycles. The minimum Gasteiger partial charge on any atom is -0.468 e. The largest absolute Gasteiger partial charge is 0.468 e. The van der Waals surface area contributed by atoms with Crippen molar-refractivity contribution in [1.29, 1.82) is 0 Å². The van der Waals surface area contributed by atoms with Gasteiger partial charge in [-0.05, 0) is 13.0 Å². The number of pyridine rings is 1. The van der Waals surface area contributed by atoms with E-state index in [0.717, 1.165) is 5.69 Å². The second kappa shape index (κ2) is 5.01. The van der Waals surface area contributed by atoms with Crippen LogP contribution in [0.3, 0.4) is 0 Å². The van der Waals surface area contributed by atoms with Crippen LogP contribution < -0.4 is 5.73 Å². The van der Waals surface area contributed by atoms with Crippen LogP contribution in [0.25, 0.3) is 0 Å². The lowest BCUT2D eigenvalue weighted by molar-refractivity contribution is -0.139. The average molecular weight is 204 g/mol. The van der Waals surface area contributed by atoms with E-state index < -0.39 is 0 Å². The Kier molecular flexibility index (Phi) is 3.69. The van der Waals surface area contributed by atoms with Crippen molar-refractivity contribution in [3.8, 4) is 11.8 Å². The summed E-state index contributed by atoms with van der Waals surface area (Å²) in [7, 11) is 1.33.